The van der Waals surface area contributed by atoms with Gasteiger partial charge in [-0.25, -0.2) is 9.97 Å². The van der Waals surface area contributed by atoms with Gasteiger partial charge in [0, 0.05) is 44.1 Å². The van der Waals surface area contributed by atoms with Crippen molar-refractivity contribution in [1.82, 2.24) is 20.2 Å². The van der Waals surface area contributed by atoms with Gasteiger partial charge in [0.2, 0.25) is 5.95 Å². The minimum atomic E-state index is 0.660. The molecule has 0 saturated carbocycles. The molecule has 20 heavy (non-hydrogen) atoms. The molecule has 1 aromatic heterocycles. The fourth-order valence-corrected chi connectivity index (χ4v) is 1.78. The van der Waals surface area contributed by atoms with Crippen LogP contribution in [0.4, 0.5) is 5.95 Å². The van der Waals surface area contributed by atoms with E-state index in [9.17, 15) is 0 Å². The molecule has 5 heteroatoms. The second-order valence-electron chi connectivity index (χ2n) is 6.03. The highest BCUT2D eigenvalue weighted by atomic mass is 15.2. The predicted octanol–water partition coefficient (Wildman–Crippen LogP) is 1.53. The van der Waals surface area contributed by atoms with E-state index in [4.69, 9.17) is 0 Å². The first-order chi connectivity index (χ1) is 9.40. The molecular formula is C15H29N5. The van der Waals surface area contributed by atoms with Crippen LogP contribution < -0.4 is 10.2 Å². The van der Waals surface area contributed by atoms with Gasteiger partial charge < -0.3 is 15.1 Å². The molecule has 1 aromatic rings. The Bertz CT molecular complexity index is 403. The average molecular weight is 279 g/mol. The van der Waals surface area contributed by atoms with Crippen LogP contribution in [0.2, 0.25) is 0 Å². The van der Waals surface area contributed by atoms with Crippen molar-refractivity contribution in [2.24, 2.45) is 5.92 Å². The van der Waals surface area contributed by atoms with E-state index in [0.29, 0.717) is 5.92 Å². The Kier molecular flexibility index (Phi) is 6.88. The van der Waals surface area contributed by atoms with Gasteiger partial charge in [0.05, 0.1) is 0 Å². The average Bonchev–Trinajstić information content (AvgIpc) is 2.37. The lowest BCUT2D eigenvalue weighted by Gasteiger charge is -2.20. The van der Waals surface area contributed by atoms with Gasteiger partial charge in [0.1, 0.15) is 0 Å². The van der Waals surface area contributed by atoms with Crippen molar-refractivity contribution in [3.63, 3.8) is 0 Å². The zero-order valence-electron chi connectivity index (χ0n) is 13.8. The van der Waals surface area contributed by atoms with Crippen LogP contribution in [0.3, 0.4) is 0 Å². The highest BCUT2D eigenvalue weighted by molar-refractivity contribution is 5.31. The van der Waals surface area contributed by atoms with Gasteiger partial charge in [-0.15, -0.1) is 0 Å². The summed E-state index contributed by atoms with van der Waals surface area (Å²) in [5.41, 5.74) is 2.23. The molecule has 0 aromatic carbocycles. The van der Waals surface area contributed by atoms with Crippen LogP contribution in [0.25, 0.3) is 0 Å². The van der Waals surface area contributed by atoms with Crippen LogP contribution in [0.5, 0.6) is 0 Å². The Labute approximate surface area is 123 Å². The first-order valence-corrected chi connectivity index (χ1v) is 7.29. The monoisotopic (exact) mass is 279 g/mol. The van der Waals surface area contributed by atoms with Gasteiger partial charge in [-0.2, -0.15) is 0 Å². The normalized spacial score (nSPS) is 11.4. The second kappa shape index (κ2) is 8.17. The van der Waals surface area contributed by atoms with Crippen LogP contribution in [0, 0.1) is 12.8 Å². The van der Waals surface area contributed by atoms with Crippen LogP contribution in [0.1, 0.15) is 25.1 Å². The van der Waals surface area contributed by atoms with Gasteiger partial charge in [-0.05, 0) is 33.5 Å². The molecular weight excluding hydrogens is 250 g/mol. The van der Waals surface area contributed by atoms with E-state index in [1.165, 1.54) is 5.56 Å². The number of anilines is 1. The Morgan fingerprint density at radius 1 is 1.20 bits per heavy atom. The van der Waals surface area contributed by atoms with Crippen molar-refractivity contribution in [2.75, 3.05) is 45.7 Å². The molecule has 0 radical (unpaired) electrons. The van der Waals surface area contributed by atoms with E-state index < -0.39 is 0 Å². The highest BCUT2D eigenvalue weighted by Gasteiger charge is 2.08. The molecule has 1 N–H and O–H groups in total. The van der Waals surface area contributed by atoms with E-state index in [2.05, 4.69) is 60.0 Å². The molecule has 0 unspecified atom stereocenters. The van der Waals surface area contributed by atoms with Gasteiger partial charge in [-0.3, -0.25) is 0 Å². The van der Waals surface area contributed by atoms with Gasteiger partial charge in [-0.1, -0.05) is 13.8 Å². The summed E-state index contributed by atoms with van der Waals surface area (Å²) in [6.07, 6.45) is 1.94. The smallest absolute Gasteiger partial charge is 0.225 e. The Morgan fingerprint density at radius 2 is 1.90 bits per heavy atom. The quantitative estimate of drug-likeness (QED) is 0.782. The summed E-state index contributed by atoms with van der Waals surface area (Å²) < 4.78 is 0. The highest BCUT2D eigenvalue weighted by Crippen LogP contribution is 2.10. The fraction of sp³-hybridized carbons (Fsp3) is 0.733. The van der Waals surface area contributed by atoms with Crippen molar-refractivity contribution in [1.29, 1.82) is 0 Å². The summed E-state index contributed by atoms with van der Waals surface area (Å²) >= 11 is 0. The lowest BCUT2D eigenvalue weighted by atomic mass is 10.2. The zero-order chi connectivity index (χ0) is 15.1. The molecule has 0 aliphatic heterocycles. The third-order valence-electron chi connectivity index (χ3n) is 3.16. The number of nitrogens with zero attached hydrogens (tertiary/aromatic N) is 4. The van der Waals surface area contributed by atoms with Crippen molar-refractivity contribution in [3.8, 4) is 0 Å². The topological polar surface area (TPSA) is 44.3 Å². The molecule has 0 spiro atoms. The molecule has 0 fully saturated rings. The number of rotatable bonds is 8. The number of aromatic nitrogens is 2. The molecule has 114 valence electrons. The van der Waals surface area contributed by atoms with Gasteiger partial charge in [0.15, 0.2) is 0 Å². The molecule has 0 aliphatic carbocycles. The van der Waals surface area contributed by atoms with Crippen LogP contribution in [0.15, 0.2) is 6.20 Å². The van der Waals surface area contributed by atoms with Gasteiger partial charge in [0.25, 0.3) is 0 Å². The summed E-state index contributed by atoms with van der Waals surface area (Å²) in [5.74, 6) is 1.46. The number of likely N-dealkylation sites (N-methyl/N-ethyl adjacent to an activating group) is 2. The largest absolute Gasteiger partial charge is 0.343 e. The Balaban J connectivity index is 2.58. The maximum absolute atomic E-state index is 4.61. The van der Waals surface area contributed by atoms with E-state index in [1.807, 2.05) is 13.2 Å². The minimum Gasteiger partial charge on any atom is -0.343 e. The van der Waals surface area contributed by atoms with Crippen molar-refractivity contribution < 1.29 is 0 Å². The van der Waals surface area contributed by atoms with E-state index >= 15 is 0 Å². The number of hydrogen-bond acceptors (Lipinski definition) is 5. The summed E-state index contributed by atoms with van der Waals surface area (Å²) in [4.78, 5) is 13.3. The van der Waals surface area contributed by atoms with Crippen molar-refractivity contribution >= 4 is 5.95 Å². The SMILES string of the molecule is Cc1nc(N(C)CCN(C)C)ncc1CNCC(C)C. The van der Waals surface area contributed by atoms with Crippen molar-refractivity contribution in [3.05, 3.63) is 17.5 Å². The first-order valence-electron chi connectivity index (χ1n) is 7.29. The predicted molar refractivity (Wildman–Crippen MR) is 85.1 cm³/mol. The fourth-order valence-electron chi connectivity index (χ4n) is 1.78. The summed E-state index contributed by atoms with van der Waals surface area (Å²) in [7, 11) is 6.18. The third-order valence-corrected chi connectivity index (χ3v) is 3.16. The molecule has 0 saturated heterocycles. The molecule has 0 aliphatic rings. The molecule has 0 bridgehead atoms. The summed E-state index contributed by atoms with van der Waals surface area (Å²) in [6, 6.07) is 0. The standard InChI is InChI=1S/C15H29N5/c1-12(2)9-16-10-14-11-17-15(18-13(14)3)20(6)8-7-19(4)5/h11-12,16H,7-10H2,1-6H3. The number of hydrogen-bond donors (Lipinski definition) is 1. The molecule has 1 rings (SSSR count). The maximum Gasteiger partial charge on any atom is 0.225 e. The van der Waals surface area contributed by atoms with Crippen LogP contribution in [-0.4, -0.2) is 55.6 Å². The Hall–Kier alpha value is -1.20. The van der Waals surface area contributed by atoms with E-state index in [0.717, 1.165) is 37.8 Å². The lowest BCUT2D eigenvalue weighted by molar-refractivity contribution is 0.415. The number of nitrogens with one attached hydrogen (secondary N) is 1. The first kappa shape index (κ1) is 16.9. The molecule has 0 amide bonds. The maximum atomic E-state index is 4.61. The zero-order valence-corrected chi connectivity index (χ0v) is 13.8. The van der Waals surface area contributed by atoms with Gasteiger partial charge >= 0.3 is 0 Å². The summed E-state index contributed by atoms with van der Waals surface area (Å²) in [5, 5.41) is 3.43. The lowest BCUT2D eigenvalue weighted by Crippen LogP contribution is -2.30. The summed E-state index contributed by atoms with van der Waals surface area (Å²) in [6.45, 7) is 10.2. The van der Waals surface area contributed by atoms with E-state index in [1.54, 1.807) is 0 Å². The van der Waals surface area contributed by atoms with Crippen molar-refractivity contribution in [2.45, 2.75) is 27.3 Å². The Morgan fingerprint density at radius 3 is 2.45 bits per heavy atom. The minimum absolute atomic E-state index is 0.660. The second-order valence-corrected chi connectivity index (χ2v) is 6.03. The molecule has 0 atom stereocenters. The van der Waals surface area contributed by atoms with E-state index in [-0.39, 0.29) is 0 Å². The van der Waals surface area contributed by atoms with Crippen LogP contribution in [-0.2, 0) is 6.54 Å². The third kappa shape index (κ3) is 5.84. The molecule has 5 nitrogen and oxygen atoms in total. The van der Waals surface area contributed by atoms with Crippen LogP contribution >= 0.6 is 0 Å². The number of aryl methyl sites for hydroxylation is 1. The molecule has 1 heterocycles.